The number of aliphatic hydroxyl groups excluding tert-OH is 1. The maximum atomic E-state index is 12.7. The van der Waals surface area contributed by atoms with Gasteiger partial charge in [-0.1, -0.05) is 132 Å². The van der Waals surface area contributed by atoms with Gasteiger partial charge in [-0.25, -0.2) is 0 Å². The molecular weight excluding hydrogens is 741 g/mol. The van der Waals surface area contributed by atoms with Gasteiger partial charge in [0.25, 0.3) is 7.82 Å². The van der Waals surface area contributed by atoms with E-state index in [1.807, 2.05) is 45.4 Å². The smallest absolute Gasteiger partial charge is 0.306 e. The fraction of sp³-hybridized carbons (Fsp3) is 0.696. The van der Waals surface area contributed by atoms with Crippen LogP contribution in [-0.4, -0.2) is 81.2 Å². The first-order chi connectivity index (χ1) is 27.4. The molecule has 3 atom stereocenters. The van der Waals surface area contributed by atoms with Gasteiger partial charge >= 0.3 is 11.9 Å². The van der Waals surface area contributed by atoms with Gasteiger partial charge in [0, 0.05) is 12.8 Å². The van der Waals surface area contributed by atoms with Crippen molar-refractivity contribution in [3.8, 4) is 0 Å². The fourth-order valence-corrected chi connectivity index (χ4v) is 6.07. The Morgan fingerprint density at radius 1 is 0.667 bits per heavy atom. The Bertz CT molecular complexity index is 1220. The Morgan fingerprint density at radius 2 is 1.23 bits per heavy atom. The van der Waals surface area contributed by atoms with Gasteiger partial charge in [-0.3, -0.25) is 14.2 Å². The maximum absolute atomic E-state index is 12.7. The van der Waals surface area contributed by atoms with Gasteiger partial charge in [0.2, 0.25) is 0 Å². The second-order valence-electron chi connectivity index (χ2n) is 15.5. The first kappa shape index (κ1) is 54.4. The number of hydrogen-bond donors (Lipinski definition) is 1. The number of hydrogen-bond acceptors (Lipinski definition) is 9. The van der Waals surface area contributed by atoms with Crippen LogP contribution >= 0.6 is 7.82 Å². The van der Waals surface area contributed by atoms with Crippen LogP contribution in [-0.2, 0) is 32.7 Å². The molecule has 2 unspecified atom stereocenters. The average Bonchev–Trinajstić information content (AvgIpc) is 3.15. The normalized spacial score (nSPS) is 14.9. The van der Waals surface area contributed by atoms with E-state index in [2.05, 4.69) is 56.4 Å². The SMILES string of the molecule is CC/C=C/CC(O)/C=C/C=C/CCCCCCCC(=O)OC[C@H](COP(=O)([O-])OCC[N+](C)(C)C)OC(=O)CCCCCC/C=C\C/C=C\C/C=C\CCCCC. The van der Waals surface area contributed by atoms with Gasteiger partial charge in [0.05, 0.1) is 33.9 Å². The van der Waals surface area contributed by atoms with E-state index in [1.54, 1.807) is 6.08 Å². The van der Waals surface area contributed by atoms with Crippen molar-refractivity contribution < 1.29 is 47.2 Å². The van der Waals surface area contributed by atoms with Crippen LogP contribution in [0.5, 0.6) is 0 Å². The maximum Gasteiger partial charge on any atom is 0.306 e. The minimum absolute atomic E-state index is 0.0514. The molecule has 0 saturated heterocycles. The van der Waals surface area contributed by atoms with Gasteiger partial charge in [-0.15, -0.1) is 0 Å². The van der Waals surface area contributed by atoms with Crippen molar-refractivity contribution in [1.82, 2.24) is 0 Å². The zero-order valence-corrected chi connectivity index (χ0v) is 37.3. The molecule has 1 N–H and O–H groups in total. The molecule has 0 spiro atoms. The third kappa shape index (κ3) is 41.4. The van der Waals surface area contributed by atoms with Crippen molar-refractivity contribution in [3.63, 3.8) is 0 Å². The molecule has 0 aromatic heterocycles. The van der Waals surface area contributed by atoms with Gasteiger partial charge in [-0.05, 0) is 77.0 Å². The van der Waals surface area contributed by atoms with E-state index in [0.717, 1.165) is 77.0 Å². The molecule has 0 saturated carbocycles. The van der Waals surface area contributed by atoms with E-state index in [1.165, 1.54) is 25.7 Å². The number of esters is 2. The molecule has 328 valence electrons. The summed E-state index contributed by atoms with van der Waals surface area (Å²) < 4.78 is 33.8. The first-order valence-corrected chi connectivity index (χ1v) is 23.2. The van der Waals surface area contributed by atoms with Crippen LogP contribution in [0.2, 0.25) is 0 Å². The highest BCUT2D eigenvalue weighted by atomic mass is 31.2. The van der Waals surface area contributed by atoms with E-state index < -0.39 is 38.6 Å². The van der Waals surface area contributed by atoms with Crippen LogP contribution in [0.25, 0.3) is 0 Å². The highest BCUT2D eigenvalue weighted by Crippen LogP contribution is 2.38. The van der Waals surface area contributed by atoms with Crippen LogP contribution in [0.4, 0.5) is 0 Å². The largest absolute Gasteiger partial charge is 0.756 e. The minimum atomic E-state index is -4.65. The van der Waals surface area contributed by atoms with Gasteiger partial charge < -0.3 is 33.0 Å². The van der Waals surface area contributed by atoms with Crippen LogP contribution in [0.1, 0.15) is 149 Å². The van der Waals surface area contributed by atoms with Crippen LogP contribution < -0.4 is 4.89 Å². The lowest BCUT2D eigenvalue weighted by Crippen LogP contribution is -2.37. The lowest BCUT2D eigenvalue weighted by atomic mass is 10.1. The summed E-state index contributed by atoms with van der Waals surface area (Å²) in [6.45, 7) is 3.89. The van der Waals surface area contributed by atoms with Crippen molar-refractivity contribution in [2.75, 3.05) is 47.5 Å². The number of aliphatic hydroxyl groups is 1. The second kappa shape index (κ2) is 37.7. The first-order valence-electron chi connectivity index (χ1n) is 21.8. The van der Waals surface area contributed by atoms with Gasteiger partial charge in [0.15, 0.2) is 6.10 Å². The summed E-state index contributed by atoms with van der Waals surface area (Å²) in [5, 5.41) is 9.88. The molecule has 0 aromatic carbocycles. The molecule has 10 nitrogen and oxygen atoms in total. The Kier molecular flexibility index (Phi) is 36.0. The Hall–Kier alpha value is -2.59. The summed E-state index contributed by atoms with van der Waals surface area (Å²) >= 11 is 0. The number of phosphoric acid groups is 1. The molecule has 0 bridgehead atoms. The third-order valence-electron chi connectivity index (χ3n) is 8.79. The van der Waals surface area contributed by atoms with Crippen molar-refractivity contribution >= 4 is 19.8 Å². The highest BCUT2D eigenvalue weighted by Gasteiger charge is 2.21. The number of unbranched alkanes of at least 4 members (excludes halogenated alkanes) is 12. The van der Waals surface area contributed by atoms with E-state index in [0.29, 0.717) is 30.3 Å². The Balaban J connectivity index is 4.50. The van der Waals surface area contributed by atoms with Crippen LogP contribution in [0.3, 0.4) is 0 Å². The quantitative estimate of drug-likeness (QED) is 0.0161. The molecule has 0 aliphatic carbocycles. The number of carbonyl (C=O) groups is 2. The van der Waals surface area contributed by atoms with Crippen molar-refractivity contribution in [2.24, 2.45) is 0 Å². The van der Waals surface area contributed by atoms with E-state index in [-0.39, 0.29) is 26.1 Å². The summed E-state index contributed by atoms with van der Waals surface area (Å²) in [6, 6.07) is 0. The zero-order valence-electron chi connectivity index (χ0n) is 36.4. The Morgan fingerprint density at radius 3 is 1.84 bits per heavy atom. The number of allylic oxidation sites excluding steroid dienone is 10. The van der Waals surface area contributed by atoms with Crippen molar-refractivity contribution in [1.29, 1.82) is 0 Å². The molecular formula is C46H80NO9P. The molecule has 57 heavy (non-hydrogen) atoms. The predicted octanol–water partition coefficient (Wildman–Crippen LogP) is 10.6. The second-order valence-corrected chi connectivity index (χ2v) is 16.9. The monoisotopic (exact) mass is 822 g/mol. The van der Waals surface area contributed by atoms with Crippen LogP contribution in [0.15, 0.2) is 72.9 Å². The van der Waals surface area contributed by atoms with E-state index in [9.17, 15) is 24.2 Å². The molecule has 0 fully saturated rings. The topological polar surface area (TPSA) is 131 Å². The number of carbonyl (C=O) groups excluding carboxylic acids is 2. The molecule has 0 heterocycles. The fourth-order valence-electron chi connectivity index (χ4n) is 5.34. The summed E-state index contributed by atoms with van der Waals surface area (Å²) in [6.07, 6.45) is 42.5. The standard InChI is InChI=1S/C46H80NO9P/c1-6-8-10-11-12-13-14-15-16-17-18-19-20-23-27-30-34-38-46(50)56-44(42-55-57(51,52)54-40-39-47(3,4)5)41-53-45(49)37-33-29-26-24-21-22-25-28-32-36-43(48)35-31-9-7-2/h9,12-13,15-16,18-19,25,28,31-32,36,43-44,48H,6-8,10-11,14,17,20-24,26-27,29-30,33-35,37-42H2,1-5H3/b13-12-,16-15-,19-18-,28-25+,31-9+,36-32+/t43?,44-/m1/s1. The number of quaternary nitrogens is 1. The molecule has 0 aliphatic rings. The lowest BCUT2D eigenvalue weighted by molar-refractivity contribution is -0.870. The summed E-state index contributed by atoms with van der Waals surface area (Å²) in [5.41, 5.74) is 0. The number of ether oxygens (including phenoxy) is 2. The molecule has 0 aromatic rings. The molecule has 0 amide bonds. The summed E-state index contributed by atoms with van der Waals surface area (Å²) in [4.78, 5) is 37.5. The average molecular weight is 822 g/mol. The van der Waals surface area contributed by atoms with Crippen molar-refractivity contribution in [3.05, 3.63) is 72.9 Å². The minimum Gasteiger partial charge on any atom is -0.756 e. The molecule has 11 heteroatoms. The predicted molar refractivity (Wildman–Crippen MR) is 232 cm³/mol. The van der Waals surface area contributed by atoms with Crippen LogP contribution in [0, 0.1) is 0 Å². The highest BCUT2D eigenvalue weighted by molar-refractivity contribution is 7.45. The number of likely N-dealkylation sites (N-methyl/N-ethyl adjacent to an activating group) is 1. The number of phosphoric ester groups is 1. The summed E-state index contributed by atoms with van der Waals surface area (Å²) in [5.74, 6) is -0.921. The van der Waals surface area contributed by atoms with E-state index >= 15 is 0 Å². The molecule has 0 rings (SSSR count). The van der Waals surface area contributed by atoms with Gasteiger partial charge in [0.1, 0.15) is 19.8 Å². The zero-order chi connectivity index (χ0) is 42.3. The Labute approximate surface area is 347 Å². The molecule has 0 radical (unpaired) electrons. The number of rotatable bonds is 38. The third-order valence-corrected chi connectivity index (χ3v) is 9.75. The summed E-state index contributed by atoms with van der Waals surface area (Å²) in [7, 11) is 1.09. The molecule has 0 aliphatic heterocycles. The number of nitrogens with zero attached hydrogens (tertiary/aromatic N) is 1. The van der Waals surface area contributed by atoms with E-state index in [4.69, 9.17) is 18.5 Å². The lowest BCUT2D eigenvalue weighted by Gasteiger charge is -2.28. The van der Waals surface area contributed by atoms with Gasteiger partial charge in [-0.2, -0.15) is 0 Å². The van der Waals surface area contributed by atoms with Crippen molar-refractivity contribution in [2.45, 2.75) is 161 Å².